The Balaban J connectivity index is 1.70. The van der Waals surface area contributed by atoms with Crippen molar-refractivity contribution in [2.24, 2.45) is 0 Å². The molecule has 136 valence electrons. The number of aryl methyl sites for hydroxylation is 2. The molecule has 0 amide bonds. The second-order valence-corrected chi connectivity index (χ2v) is 6.56. The van der Waals surface area contributed by atoms with Crippen molar-refractivity contribution in [2.75, 3.05) is 5.32 Å². The summed E-state index contributed by atoms with van der Waals surface area (Å²) in [7, 11) is 0. The number of hydrogen-bond donors (Lipinski definition) is 1. The lowest BCUT2D eigenvalue weighted by atomic mass is 10.2. The molecule has 1 N–H and O–H groups in total. The van der Waals surface area contributed by atoms with Crippen LogP contribution in [0.15, 0.2) is 30.5 Å². The molecule has 1 aromatic carbocycles. The minimum atomic E-state index is 0.403. The molecule has 4 aromatic rings. The van der Waals surface area contributed by atoms with Crippen LogP contribution in [0.25, 0.3) is 17.2 Å². The van der Waals surface area contributed by atoms with E-state index in [1.165, 1.54) is 0 Å². The monoisotopic (exact) mass is 400 g/mol. The molecule has 0 bridgehead atoms. The van der Waals surface area contributed by atoms with Crippen LogP contribution in [-0.4, -0.2) is 34.8 Å². The Hall–Kier alpha value is -2.84. The topological polar surface area (TPSA) is 93.8 Å². The van der Waals surface area contributed by atoms with Gasteiger partial charge >= 0.3 is 0 Å². The van der Waals surface area contributed by atoms with E-state index < -0.39 is 0 Å². The van der Waals surface area contributed by atoms with Crippen molar-refractivity contribution >= 4 is 40.6 Å². The molecule has 0 fully saturated rings. The average Bonchev–Trinajstić information content (AvgIpc) is 3.10. The molecule has 4 rings (SSSR count). The fraction of sp³-hybridized carbons (Fsp3) is 0.176. The molecule has 0 aliphatic heterocycles. The lowest BCUT2D eigenvalue weighted by molar-refractivity contribution is 0.827. The Morgan fingerprint density at radius 2 is 1.93 bits per heavy atom. The zero-order valence-corrected chi connectivity index (χ0v) is 16.0. The predicted octanol–water partition coefficient (Wildman–Crippen LogP) is 3.90. The summed E-state index contributed by atoms with van der Waals surface area (Å²) < 4.78 is 1.68. The smallest absolute Gasteiger partial charge is 0.272 e. The maximum absolute atomic E-state index is 6.05. The first kappa shape index (κ1) is 17.6. The van der Waals surface area contributed by atoms with Gasteiger partial charge in [-0.15, -0.1) is 15.3 Å². The third kappa shape index (κ3) is 3.41. The maximum Gasteiger partial charge on any atom is 0.272 e. The number of aromatic nitrogens is 7. The molecule has 0 aliphatic carbocycles. The van der Waals surface area contributed by atoms with Gasteiger partial charge in [0, 0.05) is 18.3 Å². The van der Waals surface area contributed by atoms with Crippen LogP contribution in [0.3, 0.4) is 0 Å². The van der Waals surface area contributed by atoms with Crippen LogP contribution >= 0.6 is 23.2 Å². The molecule has 8 nitrogen and oxygen atoms in total. The molecule has 0 saturated heterocycles. The van der Waals surface area contributed by atoms with E-state index in [0.29, 0.717) is 39.0 Å². The molecule has 0 unspecified atom stereocenters. The van der Waals surface area contributed by atoms with Gasteiger partial charge in [-0.3, -0.25) is 0 Å². The van der Waals surface area contributed by atoms with Crippen molar-refractivity contribution in [2.45, 2.75) is 20.3 Å². The van der Waals surface area contributed by atoms with Gasteiger partial charge in [0.2, 0.25) is 5.95 Å². The number of nitrogens with zero attached hydrogens (tertiary/aromatic N) is 7. The summed E-state index contributed by atoms with van der Waals surface area (Å²) in [5, 5.41) is 16.9. The van der Waals surface area contributed by atoms with E-state index in [1.54, 1.807) is 35.0 Å². The lowest BCUT2D eigenvalue weighted by Crippen LogP contribution is -2.05. The van der Waals surface area contributed by atoms with Crippen LogP contribution in [0.1, 0.15) is 18.4 Å². The molecule has 0 aliphatic rings. The Labute approximate surface area is 164 Å². The number of nitrogens with one attached hydrogen (secondary N) is 1. The summed E-state index contributed by atoms with van der Waals surface area (Å²) in [5.74, 6) is 1.59. The van der Waals surface area contributed by atoms with E-state index in [0.717, 1.165) is 17.8 Å². The van der Waals surface area contributed by atoms with Crippen molar-refractivity contribution in [1.82, 2.24) is 34.8 Å². The second-order valence-electron chi connectivity index (χ2n) is 5.75. The van der Waals surface area contributed by atoms with Gasteiger partial charge in [-0.1, -0.05) is 30.1 Å². The minimum absolute atomic E-state index is 0.403. The van der Waals surface area contributed by atoms with Crippen LogP contribution in [0, 0.1) is 6.92 Å². The molecular formula is C17H14Cl2N8. The first-order chi connectivity index (χ1) is 13.0. The van der Waals surface area contributed by atoms with E-state index in [4.69, 9.17) is 23.2 Å². The van der Waals surface area contributed by atoms with E-state index in [9.17, 15) is 0 Å². The summed E-state index contributed by atoms with van der Waals surface area (Å²) >= 11 is 12.0. The quantitative estimate of drug-likeness (QED) is 0.554. The third-order valence-electron chi connectivity index (χ3n) is 3.92. The van der Waals surface area contributed by atoms with Gasteiger partial charge in [0.1, 0.15) is 5.69 Å². The molecule has 0 spiro atoms. The molecule has 0 saturated carbocycles. The van der Waals surface area contributed by atoms with Gasteiger partial charge in [-0.2, -0.15) is 9.50 Å². The van der Waals surface area contributed by atoms with Crippen LogP contribution < -0.4 is 5.32 Å². The Morgan fingerprint density at radius 1 is 1.07 bits per heavy atom. The average molecular weight is 401 g/mol. The summed E-state index contributed by atoms with van der Waals surface area (Å²) in [6, 6.07) is 6.97. The molecule has 0 radical (unpaired) electrons. The highest BCUT2D eigenvalue weighted by Crippen LogP contribution is 2.27. The highest BCUT2D eigenvalue weighted by Gasteiger charge is 2.14. The van der Waals surface area contributed by atoms with Crippen molar-refractivity contribution in [3.8, 4) is 11.4 Å². The zero-order chi connectivity index (χ0) is 19.0. The van der Waals surface area contributed by atoms with Crippen LogP contribution in [0.5, 0.6) is 0 Å². The van der Waals surface area contributed by atoms with E-state index in [1.807, 2.05) is 13.8 Å². The summed E-state index contributed by atoms with van der Waals surface area (Å²) in [4.78, 5) is 13.1. The van der Waals surface area contributed by atoms with Crippen LogP contribution in [-0.2, 0) is 6.42 Å². The normalized spacial score (nSPS) is 11.1. The first-order valence-electron chi connectivity index (χ1n) is 8.19. The molecule has 27 heavy (non-hydrogen) atoms. The number of rotatable bonds is 4. The molecule has 3 heterocycles. The standard InChI is InChI=1S/C17H14Cl2N8/c1-3-14-23-17-25-24-15(9(2)27(17)26-14)13-6-7-20-16(22-13)21-10-4-5-11(18)12(19)8-10/h4-8H,3H2,1-2H3,(H,20,21,22). The van der Waals surface area contributed by atoms with Crippen LogP contribution in [0.2, 0.25) is 10.0 Å². The largest absolute Gasteiger partial charge is 0.324 e. The van der Waals surface area contributed by atoms with Gasteiger partial charge < -0.3 is 5.32 Å². The van der Waals surface area contributed by atoms with Crippen molar-refractivity contribution in [1.29, 1.82) is 0 Å². The first-order valence-corrected chi connectivity index (χ1v) is 8.95. The molecule has 10 heteroatoms. The Morgan fingerprint density at radius 3 is 2.70 bits per heavy atom. The fourth-order valence-corrected chi connectivity index (χ4v) is 2.84. The lowest BCUT2D eigenvalue weighted by Gasteiger charge is -2.08. The number of anilines is 2. The SMILES string of the molecule is CCc1nc2nnc(-c3ccnc(Nc4ccc(Cl)c(Cl)c4)n3)c(C)n2n1. The van der Waals surface area contributed by atoms with Crippen molar-refractivity contribution in [3.05, 3.63) is 52.0 Å². The minimum Gasteiger partial charge on any atom is -0.324 e. The van der Waals surface area contributed by atoms with E-state index >= 15 is 0 Å². The predicted molar refractivity (Wildman–Crippen MR) is 103 cm³/mol. The third-order valence-corrected chi connectivity index (χ3v) is 4.66. The van der Waals surface area contributed by atoms with Gasteiger partial charge in [-0.05, 0) is 31.2 Å². The number of fused-ring (bicyclic) bond motifs is 1. The highest BCUT2D eigenvalue weighted by molar-refractivity contribution is 6.42. The fourth-order valence-electron chi connectivity index (χ4n) is 2.54. The highest BCUT2D eigenvalue weighted by atomic mass is 35.5. The number of benzene rings is 1. The number of hydrogen-bond acceptors (Lipinski definition) is 7. The molecule has 3 aromatic heterocycles. The Kier molecular flexibility index (Phi) is 4.59. The van der Waals surface area contributed by atoms with Gasteiger partial charge in [0.15, 0.2) is 5.82 Å². The van der Waals surface area contributed by atoms with Crippen LogP contribution in [0.4, 0.5) is 11.6 Å². The summed E-state index contributed by atoms with van der Waals surface area (Å²) in [6.07, 6.45) is 2.37. The second kappa shape index (κ2) is 7.05. The maximum atomic E-state index is 6.05. The summed E-state index contributed by atoms with van der Waals surface area (Å²) in [6.45, 7) is 3.89. The molecule has 0 atom stereocenters. The summed E-state index contributed by atoms with van der Waals surface area (Å²) in [5.41, 5.74) is 2.75. The number of halogens is 2. The van der Waals surface area contributed by atoms with Crippen molar-refractivity contribution in [3.63, 3.8) is 0 Å². The van der Waals surface area contributed by atoms with Crippen molar-refractivity contribution < 1.29 is 0 Å². The van der Waals surface area contributed by atoms with Gasteiger partial charge in [0.05, 0.1) is 21.4 Å². The zero-order valence-electron chi connectivity index (χ0n) is 14.5. The van der Waals surface area contributed by atoms with E-state index in [2.05, 4.69) is 35.6 Å². The van der Waals surface area contributed by atoms with Gasteiger partial charge in [0.25, 0.3) is 5.78 Å². The molecular weight excluding hydrogens is 387 g/mol. The Bertz CT molecular complexity index is 1140. The van der Waals surface area contributed by atoms with Gasteiger partial charge in [-0.25, -0.2) is 9.97 Å². The van der Waals surface area contributed by atoms with E-state index in [-0.39, 0.29) is 0 Å².